The number of nitrogens with one attached hydrogen (secondary N) is 4. The highest BCUT2D eigenvalue weighted by atomic mass is 16.5. The number of H-pyrrole nitrogens is 1. The van der Waals surface area contributed by atoms with Gasteiger partial charge in [0, 0.05) is 42.7 Å². The first kappa shape index (κ1) is 30.6. The summed E-state index contributed by atoms with van der Waals surface area (Å²) in [4.78, 5) is 41.8. The molecule has 216 valence electrons. The predicted octanol–water partition coefficient (Wildman–Crippen LogP) is 2.75. The van der Waals surface area contributed by atoms with E-state index in [0.29, 0.717) is 19.4 Å². The van der Waals surface area contributed by atoms with E-state index in [1.54, 1.807) is 6.92 Å². The minimum Gasteiger partial charge on any atom is -0.445 e. The first-order chi connectivity index (χ1) is 19.4. The molecule has 0 unspecified atom stereocenters. The molecule has 7 N–H and O–H groups in total. The maximum atomic E-state index is 13.6. The SMILES string of the molecule is C[C@@H](O)CNC(=O)C[C@H](CCCCN)NC(=O)[C@H](CNC(=O)OCc1ccccc1)Cc1c[nH]c2ccccc12. The van der Waals surface area contributed by atoms with Gasteiger partial charge in [0.1, 0.15) is 6.61 Å². The zero-order valence-electron chi connectivity index (χ0n) is 23.0. The van der Waals surface area contributed by atoms with Crippen molar-refractivity contribution in [3.63, 3.8) is 0 Å². The molecule has 0 spiro atoms. The molecule has 10 nitrogen and oxygen atoms in total. The van der Waals surface area contributed by atoms with Gasteiger partial charge in [-0.05, 0) is 49.9 Å². The summed E-state index contributed by atoms with van der Waals surface area (Å²) in [5, 5.41) is 18.9. The van der Waals surface area contributed by atoms with E-state index in [1.807, 2.05) is 60.8 Å². The van der Waals surface area contributed by atoms with Crippen molar-refractivity contribution < 1.29 is 24.2 Å². The summed E-state index contributed by atoms with van der Waals surface area (Å²) in [5.41, 5.74) is 8.42. The van der Waals surface area contributed by atoms with Gasteiger partial charge in [0.2, 0.25) is 11.8 Å². The Kier molecular flexibility index (Phi) is 12.5. The first-order valence-electron chi connectivity index (χ1n) is 13.8. The number of aromatic amines is 1. The first-order valence-corrected chi connectivity index (χ1v) is 13.8. The molecule has 10 heteroatoms. The van der Waals surface area contributed by atoms with E-state index in [4.69, 9.17) is 10.5 Å². The van der Waals surface area contributed by atoms with Crippen LogP contribution in [-0.2, 0) is 27.4 Å². The zero-order chi connectivity index (χ0) is 28.7. The van der Waals surface area contributed by atoms with Gasteiger partial charge in [-0.1, -0.05) is 55.0 Å². The largest absolute Gasteiger partial charge is 0.445 e. The minimum absolute atomic E-state index is 0.0582. The number of aliphatic hydroxyl groups excluding tert-OH is 1. The highest BCUT2D eigenvalue weighted by Gasteiger charge is 2.25. The Bertz CT molecular complexity index is 1210. The quantitative estimate of drug-likeness (QED) is 0.150. The van der Waals surface area contributed by atoms with Gasteiger partial charge < -0.3 is 36.5 Å². The van der Waals surface area contributed by atoms with Crippen LogP contribution >= 0.6 is 0 Å². The van der Waals surface area contributed by atoms with E-state index in [1.165, 1.54) is 0 Å². The molecule has 3 aromatic rings. The minimum atomic E-state index is -0.664. The summed E-state index contributed by atoms with van der Waals surface area (Å²) in [7, 11) is 0. The molecule has 40 heavy (non-hydrogen) atoms. The van der Waals surface area contributed by atoms with Crippen molar-refractivity contribution >= 4 is 28.8 Å². The number of benzene rings is 2. The second kappa shape index (κ2) is 16.3. The molecule has 0 radical (unpaired) electrons. The van der Waals surface area contributed by atoms with Crippen LogP contribution in [0.3, 0.4) is 0 Å². The molecule has 2 aromatic carbocycles. The molecule has 3 rings (SSSR count). The molecule has 3 amide bonds. The number of amides is 3. The summed E-state index contributed by atoms with van der Waals surface area (Å²) < 4.78 is 5.34. The van der Waals surface area contributed by atoms with Crippen LogP contribution < -0.4 is 21.7 Å². The number of para-hydroxylation sites is 1. The highest BCUT2D eigenvalue weighted by molar-refractivity contribution is 5.85. The molecule has 0 aliphatic carbocycles. The number of carbonyl (C=O) groups is 3. The Labute approximate surface area is 235 Å². The molecule has 1 aromatic heterocycles. The average Bonchev–Trinajstić information content (AvgIpc) is 3.36. The number of hydrogen-bond acceptors (Lipinski definition) is 6. The maximum absolute atomic E-state index is 13.6. The predicted molar refractivity (Wildman–Crippen MR) is 154 cm³/mol. The molecule has 0 saturated heterocycles. The smallest absolute Gasteiger partial charge is 0.407 e. The lowest BCUT2D eigenvalue weighted by Crippen LogP contribution is -2.46. The van der Waals surface area contributed by atoms with Crippen LogP contribution in [0.1, 0.15) is 43.7 Å². The standard InChI is InChI=1S/C30H41N5O5/c1-21(36)17-33-28(37)16-25(11-7-8-14-31)35-29(38)24(15-23-18-32-27-13-6-5-12-26(23)27)19-34-30(39)40-20-22-9-3-2-4-10-22/h2-6,9-10,12-13,18,21,24-25,32,36H,7-8,11,14-17,19-20,31H2,1H3,(H,33,37)(H,34,39)(H,35,38)/t21-,24+,25+/m1/s1. The fraction of sp³-hybridized carbons (Fsp3) is 0.433. The van der Waals surface area contributed by atoms with Crippen LogP contribution in [0.25, 0.3) is 10.9 Å². The van der Waals surface area contributed by atoms with E-state index in [9.17, 15) is 19.5 Å². The number of nitrogens with two attached hydrogens (primary N) is 1. The summed E-state index contributed by atoms with van der Waals surface area (Å²) in [6.07, 6.45) is 3.16. The normalized spacial score (nSPS) is 13.3. The van der Waals surface area contributed by atoms with Crippen LogP contribution in [-0.4, -0.2) is 59.8 Å². The Balaban J connectivity index is 1.69. The number of unbranched alkanes of at least 4 members (excludes halogenated alkanes) is 1. The van der Waals surface area contributed by atoms with Crippen LogP contribution in [0.15, 0.2) is 60.8 Å². The third-order valence-electron chi connectivity index (χ3n) is 6.60. The van der Waals surface area contributed by atoms with Gasteiger partial charge in [0.25, 0.3) is 0 Å². The number of carbonyl (C=O) groups excluding carboxylic acids is 3. The van der Waals surface area contributed by atoms with Crippen molar-refractivity contribution in [3.8, 4) is 0 Å². The molecular formula is C30H41N5O5. The molecule has 0 bridgehead atoms. The third-order valence-corrected chi connectivity index (χ3v) is 6.60. The molecular weight excluding hydrogens is 510 g/mol. The Morgan fingerprint density at radius 3 is 2.50 bits per heavy atom. The molecule has 3 atom stereocenters. The van der Waals surface area contributed by atoms with Crippen molar-refractivity contribution in [3.05, 3.63) is 71.9 Å². The number of aliphatic hydroxyl groups is 1. The number of rotatable bonds is 16. The Hall–Kier alpha value is -3.89. The fourth-order valence-electron chi connectivity index (χ4n) is 4.44. The third kappa shape index (κ3) is 10.3. The summed E-state index contributed by atoms with van der Waals surface area (Å²) >= 11 is 0. The van der Waals surface area contributed by atoms with Crippen LogP contribution in [0.5, 0.6) is 0 Å². The lowest BCUT2D eigenvalue weighted by atomic mass is 9.96. The second-order valence-electron chi connectivity index (χ2n) is 10.1. The molecule has 0 saturated carbocycles. The van der Waals surface area contributed by atoms with E-state index in [0.717, 1.165) is 34.9 Å². The number of alkyl carbamates (subject to hydrolysis) is 1. The number of fused-ring (bicyclic) bond motifs is 1. The molecule has 0 aliphatic heterocycles. The number of aromatic nitrogens is 1. The van der Waals surface area contributed by atoms with Gasteiger partial charge in [-0.2, -0.15) is 0 Å². The lowest BCUT2D eigenvalue weighted by molar-refractivity contribution is -0.126. The molecule has 1 heterocycles. The molecule has 0 fully saturated rings. The highest BCUT2D eigenvalue weighted by Crippen LogP contribution is 2.21. The zero-order valence-corrected chi connectivity index (χ0v) is 23.0. The Morgan fingerprint density at radius 1 is 1.00 bits per heavy atom. The topological polar surface area (TPSA) is 159 Å². The van der Waals surface area contributed by atoms with Gasteiger partial charge in [0.15, 0.2) is 0 Å². The number of ether oxygens (including phenoxy) is 1. The second-order valence-corrected chi connectivity index (χ2v) is 10.1. The van der Waals surface area contributed by atoms with Gasteiger partial charge in [-0.3, -0.25) is 9.59 Å². The van der Waals surface area contributed by atoms with E-state index in [-0.39, 0.29) is 37.9 Å². The molecule has 0 aliphatic rings. The van der Waals surface area contributed by atoms with Crippen molar-refractivity contribution in [1.82, 2.24) is 20.9 Å². The average molecular weight is 552 g/mol. The van der Waals surface area contributed by atoms with Gasteiger partial charge in [0.05, 0.1) is 12.0 Å². The van der Waals surface area contributed by atoms with Crippen LogP contribution in [0.4, 0.5) is 4.79 Å². The van der Waals surface area contributed by atoms with Crippen LogP contribution in [0.2, 0.25) is 0 Å². The summed E-state index contributed by atoms with van der Waals surface area (Å²) in [5.74, 6) is -1.13. The Morgan fingerprint density at radius 2 is 1.75 bits per heavy atom. The fourth-order valence-corrected chi connectivity index (χ4v) is 4.44. The lowest BCUT2D eigenvalue weighted by Gasteiger charge is -2.23. The van der Waals surface area contributed by atoms with Gasteiger partial charge in [-0.25, -0.2) is 4.79 Å². The maximum Gasteiger partial charge on any atom is 0.407 e. The van der Waals surface area contributed by atoms with Gasteiger partial charge >= 0.3 is 6.09 Å². The van der Waals surface area contributed by atoms with E-state index in [2.05, 4.69) is 20.9 Å². The van der Waals surface area contributed by atoms with Gasteiger partial charge in [-0.15, -0.1) is 0 Å². The van der Waals surface area contributed by atoms with Crippen molar-refractivity contribution in [1.29, 1.82) is 0 Å². The summed E-state index contributed by atoms with van der Waals surface area (Å²) in [6.45, 7) is 2.43. The van der Waals surface area contributed by atoms with E-state index >= 15 is 0 Å². The van der Waals surface area contributed by atoms with Crippen molar-refractivity contribution in [2.75, 3.05) is 19.6 Å². The van der Waals surface area contributed by atoms with E-state index < -0.39 is 24.2 Å². The van der Waals surface area contributed by atoms with Crippen molar-refractivity contribution in [2.45, 2.75) is 57.8 Å². The summed E-state index contributed by atoms with van der Waals surface area (Å²) in [6, 6.07) is 16.8. The van der Waals surface area contributed by atoms with Crippen LogP contribution in [0, 0.1) is 5.92 Å². The van der Waals surface area contributed by atoms with Crippen molar-refractivity contribution in [2.24, 2.45) is 11.7 Å². The number of hydrogen-bond donors (Lipinski definition) is 6. The monoisotopic (exact) mass is 551 g/mol.